The molecule has 0 unspecified atom stereocenters. The van der Waals surface area contributed by atoms with Gasteiger partial charge in [0.15, 0.2) is 35.1 Å². The van der Waals surface area contributed by atoms with Crippen LogP contribution in [0.15, 0.2) is 59.7 Å². The smallest absolute Gasteiger partial charge is 0.251 e. The number of ether oxygens (including phenoxy) is 1. The molecule has 1 amide bonds. The van der Waals surface area contributed by atoms with Gasteiger partial charge >= 0.3 is 0 Å². The Bertz CT molecular complexity index is 1360. The van der Waals surface area contributed by atoms with Gasteiger partial charge in [0.2, 0.25) is 0 Å². The molecule has 4 aromatic rings. The molecule has 0 spiro atoms. The van der Waals surface area contributed by atoms with Crippen LogP contribution in [0.4, 0.5) is 5.82 Å². The first-order valence-electron chi connectivity index (χ1n) is 11.6. The number of fused-ring (bicyclic) bond motifs is 1. The Balaban J connectivity index is 1.51. The van der Waals surface area contributed by atoms with Crippen LogP contribution in [-0.4, -0.2) is 60.9 Å². The van der Waals surface area contributed by atoms with E-state index >= 15 is 0 Å². The fraction of sp³-hybridized carbons (Fsp3) is 0.273. The monoisotopic (exact) mass is 453 g/mol. The van der Waals surface area contributed by atoms with Crippen LogP contribution in [0.2, 0.25) is 0 Å². The molecular weight excluding hydrogens is 428 g/mol. The number of furan rings is 1. The maximum absolute atomic E-state index is 12.3. The standard InChI is InChI=1S/C22H22N6O5/c1-23-21(31)17-15(29)16(30)22(33-17)28-11-25-14-19(24-9-12-5-3-2-4-6-12)26-18(27-20(14)28)13-7-8-32-10-13/h2-8,10-11,15-17,22,29-30H,9H2,1H3,(H,23,31)(H,24,26,27)/t15-,16+,17-,22+/m0/s1/i1D3. The van der Waals surface area contributed by atoms with Crippen molar-refractivity contribution in [1.82, 2.24) is 24.8 Å². The predicted molar refractivity (Wildman–Crippen MR) is 117 cm³/mol. The summed E-state index contributed by atoms with van der Waals surface area (Å²) in [5.41, 5.74) is 2.22. The third kappa shape index (κ3) is 3.82. The SMILES string of the molecule is [2H]C([2H])([2H])NC(=O)[C@H]1O[C@@H](n2cnc3c(NCc4ccccc4)nc(-c4ccoc4)nc32)[C@H](O)[C@@H]1O. The normalized spacial score (nSPS) is 24.2. The van der Waals surface area contributed by atoms with Crippen molar-refractivity contribution in [2.24, 2.45) is 0 Å². The summed E-state index contributed by atoms with van der Waals surface area (Å²) in [6, 6.07) is 11.3. The first-order valence-corrected chi connectivity index (χ1v) is 10.1. The molecule has 4 atom stereocenters. The number of likely N-dealkylation sites (N-methyl/N-ethyl adjacent to an activating group) is 1. The Morgan fingerprint density at radius 1 is 1.21 bits per heavy atom. The van der Waals surface area contributed by atoms with E-state index in [1.807, 2.05) is 30.3 Å². The van der Waals surface area contributed by atoms with Gasteiger partial charge in [0.1, 0.15) is 18.5 Å². The molecule has 11 nitrogen and oxygen atoms in total. The molecule has 4 N–H and O–H groups in total. The zero-order valence-corrected chi connectivity index (χ0v) is 17.1. The van der Waals surface area contributed by atoms with Gasteiger partial charge in [-0.05, 0) is 11.6 Å². The van der Waals surface area contributed by atoms with E-state index in [9.17, 15) is 15.0 Å². The van der Waals surface area contributed by atoms with E-state index in [4.69, 9.17) is 13.3 Å². The number of carbonyl (C=O) groups is 1. The number of nitrogens with one attached hydrogen (secondary N) is 2. The molecule has 3 aromatic heterocycles. The lowest BCUT2D eigenvalue weighted by Gasteiger charge is -2.17. The highest BCUT2D eigenvalue weighted by molar-refractivity contribution is 5.85. The van der Waals surface area contributed by atoms with E-state index in [2.05, 4.69) is 20.3 Å². The number of aliphatic hydroxyl groups is 2. The van der Waals surface area contributed by atoms with Crippen LogP contribution in [0.5, 0.6) is 0 Å². The Hall–Kier alpha value is -3.80. The molecule has 5 rings (SSSR count). The highest BCUT2D eigenvalue weighted by Crippen LogP contribution is 2.33. The molecular formula is C22H22N6O5. The lowest BCUT2D eigenvalue weighted by molar-refractivity contribution is -0.137. The number of amides is 1. The van der Waals surface area contributed by atoms with Crippen LogP contribution in [0.25, 0.3) is 22.6 Å². The topological polar surface area (TPSA) is 148 Å². The molecule has 1 fully saturated rings. The van der Waals surface area contributed by atoms with Gasteiger partial charge in [-0.1, -0.05) is 30.3 Å². The van der Waals surface area contributed by atoms with Crippen molar-refractivity contribution < 1.29 is 28.3 Å². The molecule has 4 heterocycles. The van der Waals surface area contributed by atoms with Crippen LogP contribution in [0.1, 0.15) is 15.9 Å². The maximum atomic E-state index is 12.3. The number of hydrogen-bond donors (Lipinski definition) is 4. The highest BCUT2D eigenvalue weighted by atomic mass is 16.6. The minimum Gasteiger partial charge on any atom is -0.472 e. The van der Waals surface area contributed by atoms with E-state index < -0.39 is 37.4 Å². The Morgan fingerprint density at radius 3 is 2.82 bits per heavy atom. The summed E-state index contributed by atoms with van der Waals surface area (Å²) in [5.74, 6) is -0.366. The zero-order valence-electron chi connectivity index (χ0n) is 20.1. The second-order valence-electron chi connectivity index (χ2n) is 7.49. The molecule has 0 radical (unpaired) electrons. The number of imidazole rings is 1. The second-order valence-corrected chi connectivity index (χ2v) is 7.49. The van der Waals surface area contributed by atoms with E-state index in [-0.39, 0.29) is 5.65 Å². The first-order chi connectivity index (χ1) is 17.2. The number of anilines is 1. The molecule has 1 saturated heterocycles. The third-order valence-corrected chi connectivity index (χ3v) is 5.40. The molecule has 1 aliphatic rings. The van der Waals surface area contributed by atoms with Crippen molar-refractivity contribution >= 4 is 22.9 Å². The van der Waals surface area contributed by atoms with Crippen molar-refractivity contribution in [3.63, 3.8) is 0 Å². The second kappa shape index (κ2) is 8.62. The fourth-order valence-electron chi connectivity index (χ4n) is 3.71. The van der Waals surface area contributed by atoms with Gasteiger partial charge in [-0.3, -0.25) is 9.36 Å². The molecule has 33 heavy (non-hydrogen) atoms. The van der Waals surface area contributed by atoms with Gasteiger partial charge in [0, 0.05) is 17.6 Å². The van der Waals surface area contributed by atoms with Crippen molar-refractivity contribution in [3.05, 3.63) is 60.8 Å². The van der Waals surface area contributed by atoms with Crippen LogP contribution >= 0.6 is 0 Å². The van der Waals surface area contributed by atoms with Crippen LogP contribution < -0.4 is 10.6 Å². The molecule has 0 bridgehead atoms. The summed E-state index contributed by atoms with van der Waals surface area (Å²) in [6.45, 7) is -2.33. The lowest BCUT2D eigenvalue weighted by atomic mass is 10.1. The number of carbonyl (C=O) groups excluding carboxylic acids is 1. The predicted octanol–water partition coefficient (Wildman–Crippen LogP) is 1.06. The number of aromatic nitrogens is 4. The number of aliphatic hydroxyl groups excluding tert-OH is 2. The average molecular weight is 453 g/mol. The van der Waals surface area contributed by atoms with Gasteiger partial charge in [0.25, 0.3) is 5.91 Å². The summed E-state index contributed by atoms with van der Waals surface area (Å²) < 4.78 is 33.8. The zero-order chi connectivity index (χ0) is 25.4. The van der Waals surface area contributed by atoms with Gasteiger partial charge in [-0.25, -0.2) is 15.0 Å². The fourth-order valence-corrected chi connectivity index (χ4v) is 3.71. The molecule has 0 aliphatic carbocycles. The minimum absolute atomic E-state index is 0.255. The van der Waals surface area contributed by atoms with Gasteiger partial charge < -0.3 is 30.0 Å². The number of rotatable bonds is 6. The van der Waals surface area contributed by atoms with Gasteiger partial charge in [0.05, 0.1) is 18.2 Å². The Kier molecular flexibility index (Phi) is 4.63. The van der Waals surface area contributed by atoms with Gasteiger partial charge in [-0.15, -0.1) is 0 Å². The molecule has 0 saturated carbocycles. The molecule has 1 aromatic carbocycles. The van der Waals surface area contributed by atoms with Crippen molar-refractivity contribution in [2.45, 2.75) is 31.1 Å². The van der Waals surface area contributed by atoms with E-state index in [1.54, 1.807) is 11.4 Å². The first kappa shape index (κ1) is 17.7. The molecule has 11 heteroatoms. The molecule has 170 valence electrons. The van der Waals surface area contributed by atoms with E-state index in [0.29, 0.717) is 29.3 Å². The van der Waals surface area contributed by atoms with E-state index in [0.717, 1.165) is 5.56 Å². The largest absolute Gasteiger partial charge is 0.472 e. The summed E-state index contributed by atoms with van der Waals surface area (Å²) in [6.07, 6.45) is -1.84. The third-order valence-electron chi connectivity index (χ3n) is 5.40. The van der Waals surface area contributed by atoms with Crippen molar-refractivity contribution in [3.8, 4) is 11.4 Å². The highest BCUT2D eigenvalue weighted by Gasteiger charge is 2.47. The van der Waals surface area contributed by atoms with Crippen LogP contribution in [0, 0.1) is 0 Å². The van der Waals surface area contributed by atoms with Crippen molar-refractivity contribution in [2.75, 3.05) is 12.3 Å². The summed E-state index contributed by atoms with van der Waals surface area (Å²) >= 11 is 0. The number of benzene rings is 1. The lowest BCUT2D eigenvalue weighted by Crippen LogP contribution is -2.41. The Morgan fingerprint density at radius 2 is 2.06 bits per heavy atom. The average Bonchev–Trinajstić information content (AvgIpc) is 3.57. The summed E-state index contributed by atoms with van der Waals surface area (Å²) in [4.78, 5) is 25.8. The summed E-state index contributed by atoms with van der Waals surface area (Å²) in [7, 11) is 0. The maximum Gasteiger partial charge on any atom is 0.251 e. The quantitative estimate of drug-likeness (QED) is 0.336. The van der Waals surface area contributed by atoms with Crippen LogP contribution in [0.3, 0.4) is 0 Å². The Labute approximate surface area is 192 Å². The van der Waals surface area contributed by atoms with Crippen molar-refractivity contribution in [1.29, 1.82) is 0 Å². The molecule has 1 aliphatic heterocycles. The van der Waals surface area contributed by atoms with E-state index in [1.165, 1.54) is 23.4 Å². The number of hydrogen-bond acceptors (Lipinski definition) is 9. The van der Waals surface area contributed by atoms with Crippen LogP contribution in [-0.2, 0) is 16.1 Å². The minimum atomic E-state index is -2.78. The van der Waals surface area contributed by atoms with Gasteiger partial charge in [-0.2, -0.15) is 0 Å². The summed E-state index contributed by atoms with van der Waals surface area (Å²) in [5, 5.41) is 26.1. The number of nitrogens with zero attached hydrogens (tertiary/aromatic N) is 4.